The lowest BCUT2D eigenvalue weighted by atomic mass is 9.99. The monoisotopic (exact) mass is 236 g/mol. The van der Waals surface area contributed by atoms with Gasteiger partial charge in [0.1, 0.15) is 11.5 Å². The van der Waals surface area contributed by atoms with Crippen molar-refractivity contribution in [3.05, 3.63) is 23.7 Å². The highest BCUT2D eigenvalue weighted by Crippen LogP contribution is 2.16. The van der Waals surface area contributed by atoms with Crippen LogP contribution in [-0.2, 0) is 13.0 Å². The maximum absolute atomic E-state index is 5.70. The number of rotatable bonds is 4. The van der Waals surface area contributed by atoms with Crippen molar-refractivity contribution in [2.24, 2.45) is 0 Å². The van der Waals surface area contributed by atoms with Gasteiger partial charge in [0, 0.05) is 18.5 Å². The van der Waals surface area contributed by atoms with Gasteiger partial charge in [0.25, 0.3) is 0 Å². The Kier molecular flexibility index (Phi) is 4.24. The second-order valence-corrected chi connectivity index (χ2v) is 5.15. The Morgan fingerprint density at radius 3 is 2.82 bits per heavy atom. The van der Waals surface area contributed by atoms with Crippen LogP contribution in [0.2, 0.25) is 0 Å². The number of nitrogens with zero attached hydrogens (tertiary/aromatic N) is 1. The van der Waals surface area contributed by atoms with Gasteiger partial charge in [-0.2, -0.15) is 0 Å². The number of hydrogen-bond donors (Lipinski definition) is 1. The number of hydrogen-bond acceptors (Lipinski definition) is 3. The second kappa shape index (κ2) is 5.69. The lowest BCUT2D eigenvalue weighted by Gasteiger charge is -2.35. The van der Waals surface area contributed by atoms with E-state index < -0.39 is 0 Å². The van der Waals surface area contributed by atoms with Crippen molar-refractivity contribution < 1.29 is 4.42 Å². The molecular formula is C14H24N2O. The zero-order valence-corrected chi connectivity index (χ0v) is 11.2. The smallest absolute Gasteiger partial charge is 0.117 e. The van der Waals surface area contributed by atoms with Crippen molar-refractivity contribution in [1.29, 1.82) is 0 Å². The SMILES string of the molecule is CCc1ccc(CNC2CCN(C)C(C)C2)o1. The maximum Gasteiger partial charge on any atom is 0.117 e. The molecule has 0 aliphatic carbocycles. The summed E-state index contributed by atoms with van der Waals surface area (Å²) in [7, 11) is 2.21. The minimum atomic E-state index is 0.636. The predicted molar refractivity (Wildman–Crippen MR) is 70.0 cm³/mol. The fourth-order valence-corrected chi connectivity index (χ4v) is 2.43. The van der Waals surface area contributed by atoms with E-state index in [9.17, 15) is 0 Å². The van der Waals surface area contributed by atoms with Crippen LogP contribution in [0.1, 0.15) is 38.2 Å². The van der Waals surface area contributed by atoms with Gasteiger partial charge in [-0.15, -0.1) is 0 Å². The standard InChI is InChI=1S/C14H24N2O/c1-4-13-5-6-14(17-13)10-15-12-7-8-16(3)11(2)9-12/h5-6,11-12,15H,4,7-10H2,1-3H3. The van der Waals surface area contributed by atoms with E-state index in [2.05, 4.69) is 43.2 Å². The Bertz CT molecular complexity index is 348. The highest BCUT2D eigenvalue weighted by Gasteiger charge is 2.22. The number of nitrogens with one attached hydrogen (secondary N) is 1. The number of likely N-dealkylation sites (tertiary alicyclic amines) is 1. The van der Waals surface area contributed by atoms with Gasteiger partial charge in [0.15, 0.2) is 0 Å². The Morgan fingerprint density at radius 1 is 1.41 bits per heavy atom. The first-order chi connectivity index (χ1) is 8.19. The third-order valence-electron chi connectivity index (χ3n) is 3.84. The van der Waals surface area contributed by atoms with Crippen LogP contribution in [0, 0.1) is 0 Å². The highest BCUT2D eigenvalue weighted by molar-refractivity contribution is 5.07. The lowest BCUT2D eigenvalue weighted by molar-refractivity contribution is 0.166. The van der Waals surface area contributed by atoms with Crippen LogP contribution >= 0.6 is 0 Å². The molecule has 0 amide bonds. The molecular weight excluding hydrogens is 212 g/mol. The lowest BCUT2D eigenvalue weighted by Crippen LogP contribution is -2.45. The van der Waals surface area contributed by atoms with E-state index in [0.29, 0.717) is 12.1 Å². The normalized spacial score (nSPS) is 26.3. The molecule has 1 saturated heterocycles. The summed E-state index contributed by atoms with van der Waals surface area (Å²) in [5, 5.41) is 3.61. The second-order valence-electron chi connectivity index (χ2n) is 5.15. The minimum Gasteiger partial charge on any atom is -0.465 e. The first-order valence-electron chi connectivity index (χ1n) is 6.70. The molecule has 1 aliphatic heterocycles. The summed E-state index contributed by atoms with van der Waals surface area (Å²) in [5.41, 5.74) is 0. The van der Waals surface area contributed by atoms with E-state index >= 15 is 0 Å². The molecule has 1 N–H and O–H groups in total. The van der Waals surface area contributed by atoms with Crippen molar-refractivity contribution in [2.75, 3.05) is 13.6 Å². The summed E-state index contributed by atoms with van der Waals surface area (Å²) < 4.78 is 5.70. The van der Waals surface area contributed by atoms with Crippen molar-refractivity contribution in [3.63, 3.8) is 0 Å². The third kappa shape index (κ3) is 3.33. The van der Waals surface area contributed by atoms with Gasteiger partial charge in [0.2, 0.25) is 0 Å². The molecule has 0 radical (unpaired) electrons. The van der Waals surface area contributed by atoms with Gasteiger partial charge in [-0.3, -0.25) is 0 Å². The van der Waals surface area contributed by atoms with Gasteiger partial charge in [0.05, 0.1) is 6.54 Å². The van der Waals surface area contributed by atoms with E-state index in [4.69, 9.17) is 4.42 Å². The first kappa shape index (κ1) is 12.7. The number of aryl methyl sites for hydroxylation is 1. The molecule has 1 fully saturated rings. The Hall–Kier alpha value is -0.800. The van der Waals surface area contributed by atoms with Crippen LogP contribution in [-0.4, -0.2) is 30.6 Å². The molecule has 1 aliphatic rings. The van der Waals surface area contributed by atoms with Crippen molar-refractivity contribution in [3.8, 4) is 0 Å². The highest BCUT2D eigenvalue weighted by atomic mass is 16.3. The van der Waals surface area contributed by atoms with E-state index in [1.54, 1.807) is 0 Å². The topological polar surface area (TPSA) is 28.4 Å². The molecule has 17 heavy (non-hydrogen) atoms. The van der Waals surface area contributed by atoms with E-state index in [1.807, 2.05) is 0 Å². The van der Waals surface area contributed by atoms with E-state index in [-0.39, 0.29) is 0 Å². The molecule has 2 heterocycles. The van der Waals surface area contributed by atoms with Crippen LogP contribution in [0.5, 0.6) is 0 Å². The first-order valence-corrected chi connectivity index (χ1v) is 6.70. The van der Waals surface area contributed by atoms with Gasteiger partial charge in [-0.25, -0.2) is 0 Å². The quantitative estimate of drug-likeness (QED) is 0.870. The largest absolute Gasteiger partial charge is 0.465 e. The maximum atomic E-state index is 5.70. The molecule has 2 atom stereocenters. The van der Waals surface area contributed by atoms with Crippen molar-refractivity contribution >= 4 is 0 Å². The molecule has 3 nitrogen and oxygen atoms in total. The van der Waals surface area contributed by atoms with Crippen LogP contribution < -0.4 is 5.32 Å². The number of piperidine rings is 1. The summed E-state index contributed by atoms with van der Waals surface area (Å²) in [5.74, 6) is 2.15. The molecule has 2 unspecified atom stereocenters. The summed E-state index contributed by atoms with van der Waals surface area (Å²) >= 11 is 0. The van der Waals surface area contributed by atoms with Crippen molar-refractivity contribution in [1.82, 2.24) is 10.2 Å². The Balaban J connectivity index is 1.78. The average molecular weight is 236 g/mol. The molecule has 0 saturated carbocycles. The van der Waals surface area contributed by atoms with Crippen molar-refractivity contribution in [2.45, 2.75) is 51.7 Å². The molecule has 2 rings (SSSR count). The van der Waals surface area contributed by atoms with Crippen LogP contribution in [0.15, 0.2) is 16.5 Å². The molecule has 1 aromatic heterocycles. The summed E-state index contributed by atoms with van der Waals surface area (Å²) in [4.78, 5) is 2.43. The number of furan rings is 1. The van der Waals surface area contributed by atoms with Gasteiger partial charge in [-0.05, 0) is 45.5 Å². The predicted octanol–water partition coefficient (Wildman–Crippen LogP) is 2.41. The molecule has 0 bridgehead atoms. The van der Waals surface area contributed by atoms with Crippen LogP contribution in [0.25, 0.3) is 0 Å². The van der Waals surface area contributed by atoms with Gasteiger partial charge < -0.3 is 14.6 Å². The molecule has 0 aromatic carbocycles. The van der Waals surface area contributed by atoms with Crippen LogP contribution in [0.4, 0.5) is 0 Å². The summed E-state index contributed by atoms with van der Waals surface area (Å²) in [6.07, 6.45) is 3.45. The van der Waals surface area contributed by atoms with Gasteiger partial charge >= 0.3 is 0 Å². The van der Waals surface area contributed by atoms with E-state index in [1.165, 1.54) is 19.4 Å². The zero-order valence-electron chi connectivity index (χ0n) is 11.2. The molecule has 0 spiro atoms. The minimum absolute atomic E-state index is 0.636. The fourth-order valence-electron chi connectivity index (χ4n) is 2.43. The average Bonchev–Trinajstić information content (AvgIpc) is 2.79. The zero-order chi connectivity index (χ0) is 12.3. The molecule has 1 aromatic rings. The summed E-state index contributed by atoms with van der Waals surface area (Å²) in [6.45, 7) is 6.48. The third-order valence-corrected chi connectivity index (χ3v) is 3.84. The summed E-state index contributed by atoms with van der Waals surface area (Å²) in [6, 6.07) is 5.49. The fraction of sp³-hybridized carbons (Fsp3) is 0.714. The Morgan fingerprint density at radius 2 is 2.18 bits per heavy atom. The Labute approximate surface area is 104 Å². The molecule has 3 heteroatoms. The van der Waals surface area contributed by atoms with E-state index in [0.717, 1.165) is 24.5 Å². The van der Waals surface area contributed by atoms with Gasteiger partial charge in [-0.1, -0.05) is 6.92 Å². The van der Waals surface area contributed by atoms with Crippen LogP contribution in [0.3, 0.4) is 0 Å². The molecule has 96 valence electrons.